The third kappa shape index (κ3) is 1.38. The molecule has 1 rings (SSSR count). The van der Waals surface area contributed by atoms with E-state index in [2.05, 4.69) is 4.74 Å². The first-order chi connectivity index (χ1) is 5.70. The molecule has 0 aliphatic rings. The fourth-order valence-corrected chi connectivity index (χ4v) is 0.882. The van der Waals surface area contributed by atoms with Crippen LogP contribution in [0.4, 0.5) is 8.78 Å². The van der Waals surface area contributed by atoms with Crippen molar-refractivity contribution in [3.05, 3.63) is 29.3 Å². The summed E-state index contributed by atoms with van der Waals surface area (Å²) < 4.78 is 30.2. The Balaban J connectivity index is 3.24. The number of hydrogen-bond acceptors (Lipinski definition) is 2. The highest BCUT2D eigenvalue weighted by Crippen LogP contribution is 2.23. The van der Waals surface area contributed by atoms with E-state index in [9.17, 15) is 8.78 Å². The molecule has 0 saturated heterocycles. The maximum Gasteiger partial charge on any atom is 0.190 e. The summed E-state index contributed by atoms with van der Waals surface area (Å²) in [6.07, 6.45) is 0. The number of aliphatic hydroxyl groups is 1. The van der Waals surface area contributed by atoms with Crippen LogP contribution < -0.4 is 4.74 Å². The number of hydrogen-bond donors (Lipinski definition) is 1. The standard InChI is InChI=1S/C8H8F2O2/c1-12-8-6(9)3-2-5(4-11)7(8)10/h2-3,11H,4H2,1H3. The van der Waals surface area contributed by atoms with Gasteiger partial charge in [0.25, 0.3) is 0 Å². The van der Waals surface area contributed by atoms with Gasteiger partial charge < -0.3 is 9.84 Å². The highest BCUT2D eigenvalue weighted by molar-refractivity contribution is 5.32. The van der Waals surface area contributed by atoms with Gasteiger partial charge in [0, 0.05) is 5.56 Å². The van der Waals surface area contributed by atoms with Gasteiger partial charge in [-0.1, -0.05) is 6.07 Å². The molecule has 2 nitrogen and oxygen atoms in total. The molecule has 0 spiro atoms. The van der Waals surface area contributed by atoms with E-state index in [1.807, 2.05) is 0 Å². The van der Waals surface area contributed by atoms with Crippen LogP contribution in [0.15, 0.2) is 12.1 Å². The fourth-order valence-electron chi connectivity index (χ4n) is 0.882. The molecular formula is C8H8F2O2. The third-order valence-corrected chi connectivity index (χ3v) is 1.50. The molecule has 0 aliphatic heterocycles. The predicted molar refractivity (Wildman–Crippen MR) is 38.8 cm³/mol. The second-order valence-electron chi connectivity index (χ2n) is 2.21. The Morgan fingerprint density at radius 1 is 1.42 bits per heavy atom. The number of ether oxygens (including phenoxy) is 1. The molecule has 0 fully saturated rings. The first kappa shape index (κ1) is 8.93. The van der Waals surface area contributed by atoms with Gasteiger partial charge >= 0.3 is 0 Å². The van der Waals surface area contributed by atoms with Gasteiger partial charge in [-0.05, 0) is 6.07 Å². The summed E-state index contributed by atoms with van der Waals surface area (Å²) in [7, 11) is 1.17. The topological polar surface area (TPSA) is 29.5 Å². The minimum Gasteiger partial charge on any atom is -0.491 e. The molecule has 66 valence electrons. The van der Waals surface area contributed by atoms with Gasteiger partial charge in [0.15, 0.2) is 17.4 Å². The second kappa shape index (κ2) is 3.49. The molecular weight excluding hydrogens is 166 g/mol. The van der Waals surface area contributed by atoms with Crippen molar-refractivity contribution in [3.8, 4) is 5.75 Å². The third-order valence-electron chi connectivity index (χ3n) is 1.50. The van der Waals surface area contributed by atoms with Gasteiger partial charge in [0.2, 0.25) is 0 Å². The smallest absolute Gasteiger partial charge is 0.190 e. The Kier molecular flexibility index (Phi) is 2.60. The van der Waals surface area contributed by atoms with E-state index in [1.54, 1.807) is 0 Å². The highest BCUT2D eigenvalue weighted by atomic mass is 19.1. The van der Waals surface area contributed by atoms with Crippen molar-refractivity contribution in [2.75, 3.05) is 7.11 Å². The molecule has 4 heteroatoms. The van der Waals surface area contributed by atoms with Crippen LogP contribution in [-0.4, -0.2) is 12.2 Å². The van der Waals surface area contributed by atoms with Crippen molar-refractivity contribution < 1.29 is 18.6 Å². The summed E-state index contributed by atoms with van der Waals surface area (Å²) in [5, 5.41) is 8.61. The SMILES string of the molecule is COc1c(F)ccc(CO)c1F. The summed E-state index contributed by atoms with van der Waals surface area (Å²) in [6, 6.07) is 2.22. The van der Waals surface area contributed by atoms with E-state index < -0.39 is 24.0 Å². The second-order valence-corrected chi connectivity index (χ2v) is 2.21. The zero-order valence-electron chi connectivity index (χ0n) is 6.47. The van der Waals surface area contributed by atoms with Crippen LogP contribution in [0.25, 0.3) is 0 Å². The van der Waals surface area contributed by atoms with Crippen molar-refractivity contribution in [1.82, 2.24) is 0 Å². The van der Waals surface area contributed by atoms with E-state index in [4.69, 9.17) is 5.11 Å². The van der Waals surface area contributed by atoms with Crippen LogP contribution >= 0.6 is 0 Å². The minimum absolute atomic E-state index is 0.0215. The predicted octanol–water partition coefficient (Wildman–Crippen LogP) is 1.47. The van der Waals surface area contributed by atoms with Crippen molar-refractivity contribution in [2.45, 2.75) is 6.61 Å². The van der Waals surface area contributed by atoms with E-state index >= 15 is 0 Å². The van der Waals surface area contributed by atoms with E-state index in [-0.39, 0.29) is 5.56 Å². The lowest BCUT2D eigenvalue weighted by Gasteiger charge is -2.05. The van der Waals surface area contributed by atoms with Crippen molar-refractivity contribution in [3.63, 3.8) is 0 Å². The lowest BCUT2D eigenvalue weighted by Crippen LogP contribution is -1.97. The van der Waals surface area contributed by atoms with Gasteiger partial charge in [-0.25, -0.2) is 8.78 Å². The van der Waals surface area contributed by atoms with E-state index in [0.29, 0.717) is 0 Å². The number of methoxy groups -OCH3 is 1. The highest BCUT2D eigenvalue weighted by Gasteiger charge is 2.12. The normalized spacial score (nSPS) is 10.0. The zero-order valence-corrected chi connectivity index (χ0v) is 6.47. The van der Waals surface area contributed by atoms with Crippen LogP contribution in [0.3, 0.4) is 0 Å². The lowest BCUT2D eigenvalue weighted by atomic mass is 10.2. The first-order valence-electron chi connectivity index (χ1n) is 3.32. The first-order valence-corrected chi connectivity index (χ1v) is 3.32. The summed E-state index contributed by atoms with van der Waals surface area (Å²) in [5.41, 5.74) is 0.0215. The van der Waals surface area contributed by atoms with Gasteiger partial charge in [-0.3, -0.25) is 0 Å². The van der Waals surface area contributed by atoms with Crippen LogP contribution in [0, 0.1) is 11.6 Å². The largest absolute Gasteiger partial charge is 0.491 e. The summed E-state index contributed by atoms with van der Waals surface area (Å²) in [5.74, 6) is -2.08. The zero-order chi connectivity index (χ0) is 9.14. The Morgan fingerprint density at radius 2 is 2.08 bits per heavy atom. The molecule has 12 heavy (non-hydrogen) atoms. The summed E-state index contributed by atoms with van der Waals surface area (Å²) in [4.78, 5) is 0. The molecule has 0 atom stereocenters. The average molecular weight is 174 g/mol. The van der Waals surface area contributed by atoms with Gasteiger partial charge in [-0.2, -0.15) is 0 Å². The Morgan fingerprint density at radius 3 is 2.58 bits per heavy atom. The van der Waals surface area contributed by atoms with Gasteiger partial charge in [0.1, 0.15) is 0 Å². The van der Waals surface area contributed by atoms with Crippen molar-refractivity contribution in [2.24, 2.45) is 0 Å². The molecule has 0 unspecified atom stereocenters. The number of benzene rings is 1. The van der Waals surface area contributed by atoms with E-state index in [1.165, 1.54) is 13.2 Å². The molecule has 1 aromatic carbocycles. The maximum atomic E-state index is 13.0. The molecule has 0 aromatic heterocycles. The molecule has 0 radical (unpaired) electrons. The molecule has 1 N–H and O–H groups in total. The molecule has 0 amide bonds. The Hall–Kier alpha value is -1.16. The minimum atomic E-state index is -0.847. The Labute approximate surface area is 68.4 Å². The van der Waals surface area contributed by atoms with Crippen LogP contribution in [-0.2, 0) is 6.61 Å². The van der Waals surface area contributed by atoms with E-state index in [0.717, 1.165) is 6.07 Å². The van der Waals surface area contributed by atoms with Crippen LogP contribution in [0.2, 0.25) is 0 Å². The maximum absolute atomic E-state index is 13.0. The average Bonchev–Trinajstić information content (AvgIpc) is 2.06. The van der Waals surface area contributed by atoms with Crippen LogP contribution in [0.5, 0.6) is 5.75 Å². The lowest BCUT2D eigenvalue weighted by molar-refractivity contribution is 0.271. The van der Waals surface area contributed by atoms with Crippen molar-refractivity contribution >= 4 is 0 Å². The molecule has 0 heterocycles. The summed E-state index contributed by atoms with van der Waals surface area (Å²) >= 11 is 0. The fraction of sp³-hybridized carbons (Fsp3) is 0.250. The van der Waals surface area contributed by atoms with Crippen LogP contribution in [0.1, 0.15) is 5.56 Å². The van der Waals surface area contributed by atoms with Gasteiger partial charge in [0.05, 0.1) is 13.7 Å². The molecule has 1 aromatic rings. The number of aliphatic hydroxyl groups excluding tert-OH is 1. The number of rotatable bonds is 2. The quantitative estimate of drug-likeness (QED) is 0.735. The monoisotopic (exact) mass is 174 g/mol. The molecule has 0 bridgehead atoms. The van der Waals surface area contributed by atoms with Crippen molar-refractivity contribution in [1.29, 1.82) is 0 Å². The number of halogens is 2. The van der Waals surface area contributed by atoms with Gasteiger partial charge in [-0.15, -0.1) is 0 Å². The Bertz CT molecular complexity index is 287. The molecule has 0 saturated carbocycles. The summed E-state index contributed by atoms with van der Waals surface area (Å²) in [6.45, 7) is -0.470. The molecule has 0 aliphatic carbocycles.